The first kappa shape index (κ1) is 14.6. The van der Waals surface area contributed by atoms with Crippen LogP contribution in [0.3, 0.4) is 0 Å². The summed E-state index contributed by atoms with van der Waals surface area (Å²) in [4.78, 5) is 11.1. The number of rotatable bonds is 9. The Bertz CT molecular complexity index is 353. The number of carbonyl (C=O) groups is 1. The maximum atomic E-state index is 11.1. The molecule has 18 heavy (non-hydrogen) atoms. The molecule has 1 N–H and O–H groups in total. The molecule has 0 bridgehead atoms. The Hall–Kier alpha value is -1.50. The smallest absolute Gasteiger partial charge is 0.307 e. The summed E-state index contributed by atoms with van der Waals surface area (Å²) in [5.74, 6) is 0.614. The standard InChI is InChI=1S/C11H21N5O2/c1-3-5-8-16-10(13-14-15-16)9-12-7-6-11(17)18-4-2/h12H,3-9H2,1-2H3. The van der Waals surface area contributed by atoms with E-state index in [0.717, 1.165) is 25.2 Å². The predicted octanol–water partition coefficient (Wildman–Crippen LogP) is 0.516. The van der Waals surface area contributed by atoms with E-state index in [1.165, 1.54) is 0 Å². The topological polar surface area (TPSA) is 81.9 Å². The molecule has 0 radical (unpaired) electrons. The minimum Gasteiger partial charge on any atom is -0.466 e. The number of aromatic nitrogens is 4. The van der Waals surface area contributed by atoms with Crippen LogP contribution in [0.2, 0.25) is 0 Å². The van der Waals surface area contributed by atoms with Crippen molar-refractivity contribution in [3.63, 3.8) is 0 Å². The van der Waals surface area contributed by atoms with Crippen molar-refractivity contribution in [3.8, 4) is 0 Å². The Labute approximate surface area is 107 Å². The molecule has 0 spiro atoms. The van der Waals surface area contributed by atoms with E-state index in [1.807, 2.05) is 0 Å². The van der Waals surface area contributed by atoms with Gasteiger partial charge in [-0.05, 0) is 23.8 Å². The number of hydrogen-bond donors (Lipinski definition) is 1. The van der Waals surface area contributed by atoms with E-state index >= 15 is 0 Å². The van der Waals surface area contributed by atoms with E-state index < -0.39 is 0 Å². The van der Waals surface area contributed by atoms with E-state index in [-0.39, 0.29) is 5.97 Å². The summed E-state index contributed by atoms with van der Waals surface area (Å²) in [5.41, 5.74) is 0. The van der Waals surface area contributed by atoms with Crippen molar-refractivity contribution >= 4 is 5.97 Å². The zero-order valence-electron chi connectivity index (χ0n) is 11.1. The Balaban J connectivity index is 2.22. The van der Waals surface area contributed by atoms with Crippen LogP contribution in [0, 0.1) is 0 Å². The first-order chi connectivity index (χ1) is 8.77. The highest BCUT2D eigenvalue weighted by atomic mass is 16.5. The van der Waals surface area contributed by atoms with Crippen LogP contribution in [0.4, 0.5) is 0 Å². The van der Waals surface area contributed by atoms with Gasteiger partial charge in [-0.1, -0.05) is 13.3 Å². The number of nitrogens with one attached hydrogen (secondary N) is 1. The van der Waals surface area contributed by atoms with Crippen molar-refractivity contribution in [1.29, 1.82) is 0 Å². The third kappa shape index (κ3) is 5.22. The lowest BCUT2D eigenvalue weighted by Gasteiger charge is -2.05. The fourth-order valence-electron chi connectivity index (χ4n) is 1.46. The van der Waals surface area contributed by atoms with Crippen molar-refractivity contribution in [2.75, 3.05) is 13.2 Å². The van der Waals surface area contributed by atoms with Gasteiger partial charge in [0.1, 0.15) is 0 Å². The lowest BCUT2D eigenvalue weighted by atomic mass is 10.3. The summed E-state index contributed by atoms with van der Waals surface area (Å²) in [6.07, 6.45) is 2.53. The first-order valence-electron chi connectivity index (χ1n) is 6.39. The van der Waals surface area contributed by atoms with Crippen LogP contribution in [-0.2, 0) is 22.6 Å². The normalized spacial score (nSPS) is 10.6. The molecule has 0 amide bonds. The van der Waals surface area contributed by atoms with Gasteiger partial charge in [-0.25, -0.2) is 4.68 Å². The lowest BCUT2D eigenvalue weighted by molar-refractivity contribution is -0.142. The summed E-state index contributed by atoms with van der Waals surface area (Å²) < 4.78 is 6.62. The fraction of sp³-hybridized carbons (Fsp3) is 0.818. The highest BCUT2D eigenvalue weighted by Crippen LogP contribution is 1.96. The summed E-state index contributed by atoms with van der Waals surface area (Å²) in [6, 6.07) is 0. The molecule has 0 atom stereocenters. The van der Waals surface area contributed by atoms with E-state index in [4.69, 9.17) is 4.74 Å². The molecule has 0 aliphatic rings. The van der Waals surface area contributed by atoms with Crippen LogP contribution in [0.15, 0.2) is 0 Å². The number of ether oxygens (including phenoxy) is 1. The molecule has 0 saturated heterocycles. The number of esters is 1. The molecule has 0 aromatic carbocycles. The van der Waals surface area contributed by atoms with Gasteiger partial charge in [0, 0.05) is 13.1 Å². The molecule has 1 aromatic rings. The number of carbonyl (C=O) groups excluding carboxylic acids is 1. The van der Waals surface area contributed by atoms with Crippen LogP contribution in [0.5, 0.6) is 0 Å². The number of nitrogens with zero attached hydrogens (tertiary/aromatic N) is 4. The van der Waals surface area contributed by atoms with Crippen LogP contribution in [0.1, 0.15) is 38.9 Å². The van der Waals surface area contributed by atoms with Gasteiger partial charge in [-0.3, -0.25) is 4.79 Å². The van der Waals surface area contributed by atoms with Crippen molar-refractivity contribution < 1.29 is 9.53 Å². The Morgan fingerprint density at radius 2 is 2.28 bits per heavy atom. The Kier molecular flexibility index (Phi) is 6.93. The van der Waals surface area contributed by atoms with Crippen molar-refractivity contribution in [3.05, 3.63) is 5.82 Å². The second kappa shape index (κ2) is 8.57. The quantitative estimate of drug-likeness (QED) is 0.511. The van der Waals surface area contributed by atoms with Crippen LogP contribution in [0.25, 0.3) is 0 Å². The van der Waals surface area contributed by atoms with Crippen LogP contribution >= 0.6 is 0 Å². The summed E-state index contributed by atoms with van der Waals surface area (Å²) >= 11 is 0. The fourth-order valence-corrected chi connectivity index (χ4v) is 1.46. The molecule has 1 heterocycles. The second-order valence-corrected chi connectivity index (χ2v) is 3.90. The van der Waals surface area contributed by atoms with Crippen molar-refractivity contribution in [2.24, 2.45) is 0 Å². The highest BCUT2D eigenvalue weighted by Gasteiger charge is 2.05. The average Bonchev–Trinajstić information content (AvgIpc) is 2.80. The molecule has 102 valence electrons. The molecule has 0 saturated carbocycles. The molecule has 1 rings (SSSR count). The van der Waals surface area contributed by atoms with Gasteiger partial charge in [-0.15, -0.1) is 5.10 Å². The van der Waals surface area contributed by atoms with Gasteiger partial charge < -0.3 is 10.1 Å². The molecular formula is C11H21N5O2. The number of tetrazole rings is 1. The van der Waals surface area contributed by atoms with E-state index in [1.54, 1.807) is 11.6 Å². The van der Waals surface area contributed by atoms with Crippen molar-refractivity contribution in [2.45, 2.75) is 46.2 Å². The Morgan fingerprint density at radius 1 is 1.44 bits per heavy atom. The highest BCUT2D eigenvalue weighted by molar-refractivity contribution is 5.69. The average molecular weight is 255 g/mol. The number of unbranched alkanes of at least 4 members (excludes halogenated alkanes) is 1. The van der Waals surface area contributed by atoms with Crippen LogP contribution in [-0.4, -0.2) is 39.3 Å². The molecule has 0 unspecified atom stereocenters. The van der Waals surface area contributed by atoms with Gasteiger partial charge in [0.05, 0.1) is 19.6 Å². The largest absolute Gasteiger partial charge is 0.466 e. The minimum atomic E-state index is -0.185. The molecule has 0 fully saturated rings. The Morgan fingerprint density at radius 3 is 3.00 bits per heavy atom. The molecule has 7 heteroatoms. The number of aryl methyl sites for hydroxylation is 1. The summed E-state index contributed by atoms with van der Waals surface area (Å²) in [5, 5.41) is 14.6. The molecule has 1 aromatic heterocycles. The maximum Gasteiger partial charge on any atom is 0.307 e. The van der Waals surface area contributed by atoms with Gasteiger partial charge in [0.25, 0.3) is 0 Å². The molecular weight excluding hydrogens is 234 g/mol. The molecule has 0 aliphatic carbocycles. The molecule has 0 aliphatic heterocycles. The van der Waals surface area contributed by atoms with Crippen LogP contribution < -0.4 is 5.32 Å². The number of hydrogen-bond acceptors (Lipinski definition) is 6. The zero-order valence-corrected chi connectivity index (χ0v) is 11.1. The van der Waals surface area contributed by atoms with Crippen molar-refractivity contribution in [1.82, 2.24) is 25.5 Å². The van der Waals surface area contributed by atoms with Gasteiger partial charge in [0.15, 0.2) is 5.82 Å². The monoisotopic (exact) mass is 255 g/mol. The first-order valence-corrected chi connectivity index (χ1v) is 6.39. The third-order valence-corrected chi connectivity index (χ3v) is 2.42. The van der Waals surface area contributed by atoms with E-state index in [0.29, 0.717) is 26.1 Å². The third-order valence-electron chi connectivity index (χ3n) is 2.42. The van der Waals surface area contributed by atoms with Gasteiger partial charge >= 0.3 is 5.97 Å². The molecule has 7 nitrogen and oxygen atoms in total. The van der Waals surface area contributed by atoms with Gasteiger partial charge in [-0.2, -0.15) is 0 Å². The minimum absolute atomic E-state index is 0.185. The zero-order chi connectivity index (χ0) is 13.2. The van der Waals surface area contributed by atoms with E-state index in [2.05, 4.69) is 27.8 Å². The predicted molar refractivity (Wildman–Crippen MR) is 65.7 cm³/mol. The SMILES string of the molecule is CCCCn1nnnc1CNCCC(=O)OCC. The second-order valence-electron chi connectivity index (χ2n) is 3.90. The van der Waals surface area contributed by atoms with E-state index in [9.17, 15) is 4.79 Å². The maximum absolute atomic E-state index is 11.1. The summed E-state index contributed by atoms with van der Waals surface area (Å²) in [7, 11) is 0. The lowest BCUT2D eigenvalue weighted by Crippen LogP contribution is -2.21. The van der Waals surface area contributed by atoms with Gasteiger partial charge in [0.2, 0.25) is 0 Å². The summed E-state index contributed by atoms with van der Waals surface area (Å²) in [6.45, 7) is 6.32.